The van der Waals surface area contributed by atoms with E-state index < -0.39 is 68.5 Å². The molecule has 0 bridgehead atoms. The lowest BCUT2D eigenvalue weighted by molar-refractivity contribution is -0.139. The van der Waals surface area contributed by atoms with Crippen molar-refractivity contribution < 1.29 is 36.6 Å². The monoisotopic (exact) mass is 797 g/mol. The molecule has 7 rings (SSSR count). The zero-order chi connectivity index (χ0) is 40.4. The predicted molar refractivity (Wildman–Crippen MR) is 203 cm³/mol. The molecule has 0 saturated carbocycles. The van der Waals surface area contributed by atoms with E-state index in [2.05, 4.69) is 20.3 Å². The van der Waals surface area contributed by atoms with Crippen LogP contribution in [-0.2, 0) is 33.0 Å². The molecule has 57 heavy (non-hydrogen) atoms. The summed E-state index contributed by atoms with van der Waals surface area (Å²) in [5.74, 6) is -4.55. The summed E-state index contributed by atoms with van der Waals surface area (Å²) in [5.41, 5.74) is -0.955. The van der Waals surface area contributed by atoms with Crippen LogP contribution in [-0.4, -0.2) is 68.7 Å². The standard InChI is InChI=1S/C39H33F2N7O8S/c1-47-34-5-3-2-4-28(34)37(50)48(39(47)53)26-9-8-25(42-21-26)16-33(38(51)52)45-36(49)29-17-31(41)32(18-30(29)40)46-57(54,55)27-10-6-22(7-11-27)24-19-43-35(44-20-24)23-12-14-56-15-13-23/h2-11,17-21,23,33,46H,12-16H2,1H3,(H,45,49)(H,51,52)/t33-/m0/s1. The van der Waals surface area contributed by atoms with Crippen LogP contribution >= 0.6 is 0 Å². The van der Waals surface area contributed by atoms with Crippen molar-refractivity contribution in [3.05, 3.63) is 141 Å². The number of pyridine rings is 1. The van der Waals surface area contributed by atoms with Crippen molar-refractivity contribution in [1.29, 1.82) is 0 Å². The van der Waals surface area contributed by atoms with Crippen LogP contribution in [0.25, 0.3) is 27.7 Å². The second kappa shape index (κ2) is 15.8. The Hall–Kier alpha value is -6.66. The Kier molecular flexibility index (Phi) is 10.7. The van der Waals surface area contributed by atoms with Gasteiger partial charge in [0.25, 0.3) is 21.5 Å². The van der Waals surface area contributed by atoms with E-state index in [0.29, 0.717) is 47.8 Å². The van der Waals surface area contributed by atoms with E-state index in [0.717, 1.165) is 17.4 Å². The number of anilines is 1. The number of nitrogens with zero attached hydrogens (tertiary/aromatic N) is 5. The van der Waals surface area contributed by atoms with Gasteiger partial charge in [0.15, 0.2) is 0 Å². The number of carbonyl (C=O) groups is 2. The quantitative estimate of drug-likeness (QED) is 0.171. The van der Waals surface area contributed by atoms with Crippen molar-refractivity contribution in [3.8, 4) is 16.8 Å². The molecule has 3 aromatic heterocycles. The third-order valence-electron chi connectivity index (χ3n) is 9.56. The van der Waals surface area contributed by atoms with Crippen LogP contribution in [0.5, 0.6) is 0 Å². The van der Waals surface area contributed by atoms with Gasteiger partial charge < -0.3 is 15.2 Å². The van der Waals surface area contributed by atoms with Gasteiger partial charge in [-0.15, -0.1) is 0 Å². The molecular formula is C39H33F2N7O8S. The maximum atomic E-state index is 15.2. The van der Waals surface area contributed by atoms with Gasteiger partial charge in [-0.05, 0) is 60.9 Å². The van der Waals surface area contributed by atoms with Gasteiger partial charge >= 0.3 is 11.7 Å². The highest BCUT2D eigenvalue weighted by atomic mass is 32.2. The van der Waals surface area contributed by atoms with E-state index in [1.54, 1.807) is 36.7 Å². The number of carbonyl (C=O) groups excluding carboxylic acids is 1. The molecule has 3 aromatic carbocycles. The summed E-state index contributed by atoms with van der Waals surface area (Å²) in [6, 6.07) is 14.1. The number of carboxylic acids is 1. The van der Waals surface area contributed by atoms with Crippen molar-refractivity contribution in [2.24, 2.45) is 7.05 Å². The van der Waals surface area contributed by atoms with Gasteiger partial charge in [0.05, 0.1) is 38.9 Å². The van der Waals surface area contributed by atoms with Gasteiger partial charge in [-0.1, -0.05) is 24.3 Å². The van der Waals surface area contributed by atoms with Crippen molar-refractivity contribution in [1.82, 2.24) is 29.4 Å². The number of rotatable bonds is 11. The number of aromatic nitrogens is 5. The Balaban J connectivity index is 1.02. The molecule has 15 nitrogen and oxygen atoms in total. The van der Waals surface area contributed by atoms with Gasteiger partial charge in [0.2, 0.25) is 0 Å². The average molecular weight is 798 g/mol. The summed E-state index contributed by atoms with van der Waals surface area (Å²) in [4.78, 5) is 64.0. The number of hydrogen-bond acceptors (Lipinski definition) is 10. The van der Waals surface area contributed by atoms with Crippen molar-refractivity contribution in [2.45, 2.75) is 36.1 Å². The molecule has 1 fully saturated rings. The maximum Gasteiger partial charge on any atom is 0.335 e. The first kappa shape index (κ1) is 38.6. The number of hydrogen-bond donors (Lipinski definition) is 3. The zero-order valence-corrected chi connectivity index (χ0v) is 30.9. The van der Waals surface area contributed by atoms with Crippen LogP contribution in [0.2, 0.25) is 0 Å². The fourth-order valence-electron chi connectivity index (χ4n) is 6.43. The Morgan fingerprint density at radius 1 is 0.912 bits per heavy atom. The first-order valence-electron chi connectivity index (χ1n) is 17.5. The third-order valence-corrected chi connectivity index (χ3v) is 10.9. The fourth-order valence-corrected chi connectivity index (χ4v) is 7.49. The molecule has 0 unspecified atom stereocenters. The van der Waals surface area contributed by atoms with Gasteiger partial charge in [-0.2, -0.15) is 0 Å². The third kappa shape index (κ3) is 8.03. The molecule has 1 aliphatic rings. The van der Waals surface area contributed by atoms with Crippen LogP contribution in [0.4, 0.5) is 14.5 Å². The molecule has 6 aromatic rings. The maximum absolute atomic E-state index is 15.2. The molecule has 292 valence electrons. The molecule has 0 radical (unpaired) electrons. The average Bonchev–Trinajstić information content (AvgIpc) is 3.22. The SMILES string of the molecule is Cn1c(=O)n(-c2ccc(C[C@H](NC(=O)c3cc(F)c(NS(=O)(=O)c4ccc(-c5cnc(C6CCOCC6)nc5)cc4)cc3F)C(=O)O)nc2)c(=O)c2ccccc21. The van der Waals surface area contributed by atoms with E-state index in [-0.39, 0.29) is 27.6 Å². The Bertz CT molecular complexity index is 2740. The zero-order valence-electron chi connectivity index (χ0n) is 30.1. The number of benzene rings is 3. The molecule has 1 aliphatic heterocycles. The number of aryl methyl sites for hydroxylation is 1. The number of fused-ring (bicyclic) bond motifs is 1. The fraction of sp³-hybridized carbons (Fsp3) is 0.205. The molecule has 4 heterocycles. The number of ether oxygens (including phenoxy) is 1. The molecule has 0 aliphatic carbocycles. The van der Waals surface area contributed by atoms with Gasteiger partial charge in [0, 0.05) is 62.3 Å². The van der Waals surface area contributed by atoms with Crippen molar-refractivity contribution in [2.75, 3.05) is 17.9 Å². The molecule has 3 N–H and O–H groups in total. The minimum atomic E-state index is -4.43. The highest BCUT2D eigenvalue weighted by Crippen LogP contribution is 2.27. The summed E-state index contributed by atoms with van der Waals surface area (Å²) in [5, 5.41) is 12.2. The summed E-state index contributed by atoms with van der Waals surface area (Å²) in [6.07, 6.45) is 5.71. The first-order chi connectivity index (χ1) is 27.3. The number of nitrogens with one attached hydrogen (secondary N) is 2. The molecular weight excluding hydrogens is 765 g/mol. The lowest BCUT2D eigenvalue weighted by Crippen LogP contribution is -2.42. The number of halogens is 2. The second-order valence-corrected chi connectivity index (χ2v) is 14.9. The van der Waals surface area contributed by atoms with E-state index in [9.17, 15) is 32.7 Å². The number of sulfonamides is 1. The normalized spacial score (nSPS) is 13.9. The van der Waals surface area contributed by atoms with Crippen molar-refractivity contribution in [3.63, 3.8) is 0 Å². The van der Waals surface area contributed by atoms with Crippen LogP contribution in [0.3, 0.4) is 0 Å². The van der Waals surface area contributed by atoms with E-state index in [1.165, 1.54) is 54.2 Å². The summed E-state index contributed by atoms with van der Waals surface area (Å²) in [6.45, 7) is 1.29. The highest BCUT2D eigenvalue weighted by molar-refractivity contribution is 7.92. The lowest BCUT2D eigenvalue weighted by Gasteiger charge is -2.20. The van der Waals surface area contributed by atoms with Gasteiger partial charge in [-0.3, -0.25) is 23.9 Å². The van der Waals surface area contributed by atoms with Crippen molar-refractivity contribution >= 4 is 38.5 Å². The Labute approximate surface area is 322 Å². The van der Waals surface area contributed by atoms with Crippen LogP contribution in [0, 0.1) is 11.6 Å². The molecule has 0 spiro atoms. The van der Waals surface area contributed by atoms with E-state index >= 15 is 8.78 Å². The van der Waals surface area contributed by atoms with E-state index in [4.69, 9.17) is 4.74 Å². The number of carboxylic acid groups (broad SMARTS) is 1. The summed E-state index contributed by atoms with van der Waals surface area (Å²) >= 11 is 0. The van der Waals surface area contributed by atoms with Crippen LogP contribution in [0.15, 0.2) is 106 Å². The van der Waals surface area contributed by atoms with Gasteiger partial charge in [-0.25, -0.2) is 41.3 Å². The Morgan fingerprint density at radius 3 is 2.28 bits per heavy atom. The summed E-state index contributed by atoms with van der Waals surface area (Å²) in [7, 11) is -2.92. The largest absolute Gasteiger partial charge is 0.480 e. The van der Waals surface area contributed by atoms with Crippen LogP contribution < -0.4 is 21.3 Å². The first-order valence-corrected chi connectivity index (χ1v) is 19.0. The minimum absolute atomic E-state index is 0.110. The minimum Gasteiger partial charge on any atom is -0.480 e. The number of amides is 1. The second-order valence-electron chi connectivity index (χ2n) is 13.2. The van der Waals surface area contributed by atoms with E-state index in [1.807, 2.05) is 4.72 Å². The molecule has 1 saturated heterocycles. The number of para-hydroxylation sites is 1. The van der Waals surface area contributed by atoms with Crippen LogP contribution in [0.1, 0.15) is 40.6 Å². The predicted octanol–water partition coefficient (Wildman–Crippen LogP) is 3.94. The smallest absolute Gasteiger partial charge is 0.335 e. The number of aliphatic carboxylic acids is 1. The Morgan fingerprint density at radius 2 is 1.61 bits per heavy atom. The lowest BCUT2D eigenvalue weighted by atomic mass is 9.99. The topological polar surface area (TPSA) is 204 Å². The highest BCUT2D eigenvalue weighted by Gasteiger charge is 2.26. The molecule has 18 heteroatoms. The van der Waals surface area contributed by atoms with Gasteiger partial charge in [0.1, 0.15) is 23.5 Å². The summed E-state index contributed by atoms with van der Waals surface area (Å²) < 4.78 is 66.3. The molecule has 1 amide bonds. The molecule has 1 atom stereocenters.